The molecular formula is C9H14BrN3. The van der Waals surface area contributed by atoms with Crippen LogP contribution in [0.3, 0.4) is 0 Å². The molecule has 0 bridgehead atoms. The zero-order valence-corrected chi connectivity index (χ0v) is 9.43. The molecule has 0 aromatic carbocycles. The average molecular weight is 244 g/mol. The second kappa shape index (κ2) is 4.58. The van der Waals surface area contributed by atoms with Gasteiger partial charge >= 0.3 is 0 Å². The number of pyridine rings is 1. The van der Waals surface area contributed by atoms with E-state index in [2.05, 4.69) is 26.2 Å². The summed E-state index contributed by atoms with van der Waals surface area (Å²) in [4.78, 5) is 4.20. The molecule has 1 aromatic heterocycles. The van der Waals surface area contributed by atoms with E-state index < -0.39 is 0 Å². The lowest BCUT2D eigenvalue weighted by atomic mass is 10.3. The van der Waals surface area contributed by atoms with Crippen LogP contribution in [0, 0.1) is 6.92 Å². The number of aromatic nitrogens is 1. The smallest absolute Gasteiger partial charge is 0.140 e. The quantitative estimate of drug-likeness (QED) is 0.853. The van der Waals surface area contributed by atoms with Crippen LogP contribution in [0.15, 0.2) is 16.7 Å². The summed E-state index contributed by atoms with van der Waals surface area (Å²) in [6.07, 6.45) is 1.78. The van der Waals surface area contributed by atoms with Crippen molar-refractivity contribution in [3.63, 3.8) is 0 Å². The van der Waals surface area contributed by atoms with Crippen molar-refractivity contribution in [1.29, 1.82) is 0 Å². The number of rotatable bonds is 3. The highest BCUT2D eigenvalue weighted by Crippen LogP contribution is 2.22. The molecule has 0 saturated carbocycles. The van der Waals surface area contributed by atoms with Crippen molar-refractivity contribution in [2.24, 2.45) is 5.73 Å². The minimum atomic E-state index is 0.134. The Morgan fingerprint density at radius 3 is 3.00 bits per heavy atom. The normalized spacial score (nSPS) is 12.6. The van der Waals surface area contributed by atoms with E-state index in [4.69, 9.17) is 5.73 Å². The molecule has 0 aliphatic carbocycles. The fraction of sp³-hybridized carbons (Fsp3) is 0.444. The third kappa shape index (κ3) is 2.97. The van der Waals surface area contributed by atoms with Gasteiger partial charge in [-0.05, 0) is 41.4 Å². The number of hydrogen-bond acceptors (Lipinski definition) is 3. The van der Waals surface area contributed by atoms with Crippen LogP contribution in [0.5, 0.6) is 0 Å². The molecule has 0 saturated heterocycles. The number of nitrogens with zero attached hydrogens (tertiary/aromatic N) is 1. The molecule has 4 heteroatoms. The summed E-state index contributed by atoms with van der Waals surface area (Å²) in [5, 5.41) is 3.17. The first-order valence-electron chi connectivity index (χ1n) is 4.22. The molecule has 1 rings (SSSR count). The Labute approximate surface area is 86.9 Å². The maximum Gasteiger partial charge on any atom is 0.140 e. The van der Waals surface area contributed by atoms with Gasteiger partial charge in [-0.15, -0.1) is 0 Å². The van der Waals surface area contributed by atoms with Crippen molar-refractivity contribution in [2.75, 3.05) is 11.9 Å². The lowest BCUT2D eigenvalue weighted by Gasteiger charge is -2.10. The van der Waals surface area contributed by atoms with Gasteiger partial charge in [-0.25, -0.2) is 4.98 Å². The van der Waals surface area contributed by atoms with Crippen LogP contribution in [0.25, 0.3) is 0 Å². The van der Waals surface area contributed by atoms with Crippen LogP contribution in [0.4, 0.5) is 5.82 Å². The highest BCUT2D eigenvalue weighted by atomic mass is 79.9. The maximum absolute atomic E-state index is 5.62. The molecule has 1 aromatic rings. The first-order valence-corrected chi connectivity index (χ1v) is 5.01. The van der Waals surface area contributed by atoms with Crippen LogP contribution in [0.2, 0.25) is 0 Å². The van der Waals surface area contributed by atoms with Crippen LogP contribution in [-0.2, 0) is 0 Å². The van der Waals surface area contributed by atoms with E-state index in [1.165, 1.54) is 5.56 Å². The van der Waals surface area contributed by atoms with E-state index in [1.54, 1.807) is 6.20 Å². The van der Waals surface area contributed by atoms with Crippen molar-refractivity contribution >= 4 is 21.7 Å². The topological polar surface area (TPSA) is 50.9 Å². The highest BCUT2D eigenvalue weighted by molar-refractivity contribution is 9.10. The van der Waals surface area contributed by atoms with E-state index in [-0.39, 0.29) is 6.04 Å². The fourth-order valence-corrected chi connectivity index (χ4v) is 1.30. The van der Waals surface area contributed by atoms with Crippen molar-refractivity contribution in [3.05, 3.63) is 22.3 Å². The first-order chi connectivity index (χ1) is 6.11. The van der Waals surface area contributed by atoms with Gasteiger partial charge in [0.1, 0.15) is 5.82 Å². The molecule has 0 spiro atoms. The highest BCUT2D eigenvalue weighted by Gasteiger charge is 2.03. The minimum absolute atomic E-state index is 0.134. The van der Waals surface area contributed by atoms with Gasteiger partial charge in [0, 0.05) is 18.8 Å². The van der Waals surface area contributed by atoms with Crippen LogP contribution in [0.1, 0.15) is 12.5 Å². The molecule has 0 aliphatic heterocycles. The monoisotopic (exact) mass is 243 g/mol. The summed E-state index contributed by atoms with van der Waals surface area (Å²) in [5.74, 6) is 0.859. The van der Waals surface area contributed by atoms with Crippen LogP contribution in [-0.4, -0.2) is 17.6 Å². The molecule has 0 amide bonds. The van der Waals surface area contributed by atoms with Gasteiger partial charge in [0.2, 0.25) is 0 Å². The predicted octanol–water partition coefficient (Wildman–Crippen LogP) is 1.91. The third-order valence-corrected chi connectivity index (χ3v) is 2.67. The Balaban J connectivity index is 2.71. The van der Waals surface area contributed by atoms with Crippen molar-refractivity contribution < 1.29 is 0 Å². The summed E-state index contributed by atoms with van der Waals surface area (Å²) in [7, 11) is 0. The summed E-state index contributed by atoms with van der Waals surface area (Å²) >= 11 is 3.46. The number of nitrogens with two attached hydrogens (primary N) is 1. The number of anilines is 1. The Bertz CT molecular complexity index is 286. The van der Waals surface area contributed by atoms with Gasteiger partial charge in [0.25, 0.3) is 0 Å². The molecular weight excluding hydrogens is 230 g/mol. The van der Waals surface area contributed by atoms with E-state index in [9.17, 15) is 0 Å². The Hall–Kier alpha value is -0.610. The van der Waals surface area contributed by atoms with E-state index in [0.29, 0.717) is 0 Å². The molecule has 0 radical (unpaired) electrons. The summed E-state index contributed by atoms with van der Waals surface area (Å²) < 4.78 is 1.01. The minimum Gasteiger partial charge on any atom is -0.368 e. The molecule has 13 heavy (non-hydrogen) atoms. The van der Waals surface area contributed by atoms with E-state index >= 15 is 0 Å². The Morgan fingerprint density at radius 2 is 2.38 bits per heavy atom. The largest absolute Gasteiger partial charge is 0.368 e. The zero-order valence-electron chi connectivity index (χ0n) is 7.84. The summed E-state index contributed by atoms with van der Waals surface area (Å²) in [6.45, 7) is 4.72. The van der Waals surface area contributed by atoms with E-state index in [1.807, 2.05) is 19.9 Å². The number of nitrogens with one attached hydrogen (secondary N) is 1. The summed E-state index contributed by atoms with van der Waals surface area (Å²) in [5.41, 5.74) is 6.79. The van der Waals surface area contributed by atoms with Gasteiger partial charge in [-0.3, -0.25) is 0 Å². The Kier molecular flexibility index (Phi) is 3.69. The zero-order chi connectivity index (χ0) is 9.84. The predicted molar refractivity (Wildman–Crippen MR) is 58.8 cm³/mol. The molecule has 1 atom stereocenters. The second-order valence-corrected chi connectivity index (χ2v) is 3.94. The van der Waals surface area contributed by atoms with Gasteiger partial charge in [-0.2, -0.15) is 0 Å². The molecule has 3 nitrogen and oxygen atoms in total. The Morgan fingerprint density at radius 1 is 1.69 bits per heavy atom. The van der Waals surface area contributed by atoms with Gasteiger partial charge in [0.15, 0.2) is 0 Å². The lowest BCUT2D eigenvalue weighted by Crippen LogP contribution is -2.25. The average Bonchev–Trinajstić information content (AvgIpc) is 2.07. The van der Waals surface area contributed by atoms with Gasteiger partial charge < -0.3 is 11.1 Å². The van der Waals surface area contributed by atoms with Crippen LogP contribution >= 0.6 is 15.9 Å². The van der Waals surface area contributed by atoms with Crippen molar-refractivity contribution in [1.82, 2.24) is 4.98 Å². The van der Waals surface area contributed by atoms with Crippen molar-refractivity contribution in [2.45, 2.75) is 19.9 Å². The molecule has 1 heterocycles. The van der Waals surface area contributed by atoms with Crippen LogP contribution < -0.4 is 11.1 Å². The molecule has 1 unspecified atom stereocenters. The first kappa shape index (κ1) is 10.5. The number of hydrogen-bond donors (Lipinski definition) is 2. The molecule has 0 aliphatic rings. The second-order valence-electron chi connectivity index (χ2n) is 3.15. The SMILES string of the molecule is Cc1ccnc(NCC(C)N)c1Br. The summed E-state index contributed by atoms with van der Waals surface area (Å²) in [6, 6.07) is 2.09. The third-order valence-electron chi connectivity index (χ3n) is 1.67. The van der Waals surface area contributed by atoms with Gasteiger partial charge in [-0.1, -0.05) is 0 Å². The molecule has 3 N–H and O–H groups in total. The number of aryl methyl sites for hydroxylation is 1. The van der Waals surface area contributed by atoms with Crippen molar-refractivity contribution in [3.8, 4) is 0 Å². The lowest BCUT2D eigenvalue weighted by molar-refractivity contribution is 0.777. The van der Waals surface area contributed by atoms with Gasteiger partial charge in [0.05, 0.1) is 4.47 Å². The number of halogens is 1. The molecule has 72 valence electrons. The maximum atomic E-state index is 5.62. The standard InChI is InChI=1S/C9H14BrN3/c1-6-3-4-12-9(8(6)10)13-5-7(2)11/h3-4,7H,5,11H2,1-2H3,(H,12,13). The van der Waals surface area contributed by atoms with E-state index in [0.717, 1.165) is 16.8 Å². The molecule has 0 fully saturated rings. The fourth-order valence-electron chi connectivity index (χ4n) is 0.921.